The fraction of sp³-hybridized carbons (Fsp3) is 0.500. The van der Waals surface area contributed by atoms with Crippen LogP contribution in [0.1, 0.15) is 0 Å². The van der Waals surface area contributed by atoms with Crippen LogP contribution in [0.2, 0.25) is 0 Å². The lowest BCUT2D eigenvalue weighted by Crippen LogP contribution is -2.04. The lowest BCUT2D eigenvalue weighted by molar-refractivity contribution is -0.0810. The van der Waals surface area contributed by atoms with Gasteiger partial charge in [0.2, 0.25) is 0 Å². The van der Waals surface area contributed by atoms with E-state index in [-0.39, 0.29) is 0 Å². The van der Waals surface area contributed by atoms with Gasteiger partial charge in [0.15, 0.2) is 0 Å². The van der Waals surface area contributed by atoms with E-state index in [1.165, 1.54) is 0 Å². The van der Waals surface area contributed by atoms with Crippen molar-refractivity contribution in [2.45, 2.75) is 12.6 Å². The standard InChI is InChI=1S/C4H2ClF5/c5-2(3(6)7)1-4(8,9)10/h1,3H/b2-1+. The van der Waals surface area contributed by atoms with E-state index in [2.05, 4.69) is 11.6 Å². The summed E-state index contributed by atoms with van der Waals surface area (Å²) in [6.07, 6.45) is -8.67. The first-order valence-electron chi connectivity index (χ1n) is 2.06. The SMILES string of the molecule is FC(F)/C(Cl)=C\C(F)(F)F. The maximum Gasteiger partial charge on any atom is 0.411 e. The van der Waals surface area contributed by atoms with Crippen LogP contribution in [0.25, 0.3) is 0 Å². The van der Waals surface area contributed by atoms with Crippen molar-refractivity contribution in [2.75, 3.05) is 0 Å². The summed E-state index contributed by atoms with van der Waals surface area (Å²) in [7, 11) is 0. The van der Waals surface area contributed by atoms with Crippen molar-refractivity contribution < 1.29 is 22.0 Å². The molecule has 0 rings (SSSR count). The van der Waals surface area contributed by atoms with Gasteiger partial charge >= 0.3 is 6.18 Å². The third-order valence-corrected chi connectivity index (χ3v) is 0.784. The van der Waals surface area contributed by atoms with E-state index in [9.17, 15) is 22.0 Å². The van der Waals surface area contributed by atoms with Crippen LogP contribution in [0, 0.1) is 0 Å². The van der Waals surface area contributed by atoms with Crippen LogP contribution >= 0.6 is 11.6 Å². The van der Waals surface area contributed by atoms with Gasteiger partial charge in [0.05, 0.1) is 5.03 Å². The second-order valence-corrected chi connectivity index (χ2v) is 1.81. The van der Waals surface area contributed by atoms with E-state index >= 15 is 0 Å². The molecule has 0 saturated heterocycles. The summed E-state index contributed by atoms with van der Waals surface area (Å²) in [5.74, 6) is 0. The average Bonchev–Trinajstić information content (AvgIpc) is 1.60. The number of allylic oxidation sites excluding steroid dienone is 2. The second-order valence-electron chi connectivity index (χ2n) is 1.37. The molecule has 60 valence electrons. The number of hydrogen-bond acceptors (Lipinski definition) is 0. The van der Waals surface area contributed by atoms with Crippen LogP contribution in [0.3, 0.4) is 0 Å². The van der Waals surface area contributed by atoms with Crippen molar-refractivity contribution in [1.82, 2.24) is 0 Å². The molecule has 0 saturated carbocycles. The lowest BCUT2D eigenvalue weighted by atomic mass is 10.5. The van der Waals surface area contributed by atoms with Crippen molar-refractivity contribution in [3.05, 3.63) is 11.1 Å². The number of alkyl halides is 5. The van der Waals surface area contributed by atoms with Gasteiger partial charge < -0.3 is 0 Å². The van der Waals surface area contributed by atoms with Crippen LogP contribution in [0.15, 0.2) is 11.1 Å². The Hall–Kier alpha value is -0.320. The highest BCUT2D eigenvalue weighted by molar-refractivity contribution is 6.30. The molecule has 0 spiro atoms. The molecule has 0 bridgehead atoms. The van der Waals surface area contributed by atoms with Gasteiger partial charge in [-0.3, -0.25) is 0 Å². The van der Waals surface area contributed by atoms with Crippen LogP contribution in [0.4, 0.5) is 22.0 Å². The fourth-order valence-corrected chi connectivity index (χ4v) is 0.343. The Bertz CT molecular complexity index is 135. The third-order valence-electron chi connectivity index (χ3n) is 0.510. The maximum absolute atomic E-state index is 11.3. The molecular weight excluding hydrogens is 178 g/mol. The maximum atomic E-state index is 11.3. The molecule has 0 aromatic carbocycles. The van der Waals surface area contributed by atoms with E-state index in [1.807, 2.05) is 0 Å². The van der Waals surface area contributed by atoms with Gasteiger partial charge in [0, 0.05) is 6.08 Å². The van der Waals surface area contributed by atoms with Crippen molar-refractivity contribution in [2.24, 2.45) is 0 Å². The highest BCUT2D eigenvalue weighted by atomic mass is 35.5. The summed E-state index contributed by atoms with van der Waals surface area (Å²) >= 11 is 4.49. The van der Waals surface area contributed by atoms with Gasteiger partial charge in [-0.05, 0) is 0 Å². The third kappa shape index (κ3) is 4.55. The first-order valence-corrected chi connectivity index (χ1v) is 2.44. The second kappa shape index (κ2) is 3.18. The first-order chi connectivity index (χ1) is 4.33. The van der Waals surface area contributed by atoms with E-state index in [1.54, 1.807) is 0 Å². The summed E-state index contributed by atoms with van der Waals surface area (Å²) in [5.41, 5.74) is 0. The number of rotatable bonds is 1. The number of halogens is 6. The largest absolute Gasteiger partial charge is 0.411 e. The van der Waals surface area contributed by atoms with Crippen molar-refractivity contribution in [1.29, 1.82) is 0 Å². The first kappa shape index (κ1) is 9.68. The minimum Gasteiger partial charge on any atom is -0.204 e. The summed E-state index contributed by atoms with van der Waals surface area (Å²) in [6.45, 7) is 0. The monoisotopic (exact) mass is 180 g/mol. The van der Waals surface area contributed by atoms with Crippen molar-refractivity contribution in [3.63, 3.8) is 0 Å². The topological polar surface area (TPSA) is 0 Å². The molecular formula is C4H2ClF5. The Labute approximate surface area is 58.3 Å². The Balaban J connectivity index is 4.17. The lowest BCUT2D eigenvalue weighted by Gasteiger charge is -1.99. The molecule has 6 heteroatoms. The fourth-order valence-electron chi connectivity index (χ4n) is 0.219. The van der Waals surface area contributed by atoms with E-state index in [0.717, 1.165) is 0 Å². The van der Waals surface area contributed by atoms with Crippen LogP contribution in [0.5, 0.6) is 0 Å². The summed E-state index contributed by atoms with van der Waals surface area (Å²) < 4.78 is 56.0. The zero-order valence-electron chi connectivity index (χ0n) is 4.42. The Kier molecular flexibility index (Phi) is 3.08. The molecule has 0 nitrogen and oxygen atoms in total. The Morgan fingerprint density at radius 2 is 1.70 bits per heavy atom. The zero-order valence-corrected chi connectivity index (χ0v) is 5.18. The molecule has 0 N–H and O–H groups in total. The van der Waals surface area contributed by atoms with Gasteiger partial charge in [-0.2, -0.15) is 13.2 Å². The smallest absolute Gasteiger partial charge is 0.204 e. The molecule has 0 amide bonds. The Morgan fingerprint density at radius 3 is 1.80 bits per heavy atom. The van der Waals surface area contributed by atoms with Crippen molar-refractivity contribution in [3.8, 4) is 0 Å². The molecule has 10 heavy (non-hydrogen) atoms. The molecule has 0 aromatic rings. The predicted molar refractivity (Wildman–Crippen MR) is 26.0 cm³/mol. The van der Waals surface area contributed by atoms with Gasteiger partial charge in [-0.15, -0.1) is 0 Å². The minimum atomic E-state index is -4.77. The molecule has 0 aromatic heterocycles. The van der Waals surface area contributed by atoms with E-state index in [4.69, 9.17) is 0 Å². The summed E-state index contributed by atoms with van der Waals surface area (Å²) in [5, 5.41) is -1.49. The predicted octanol–water partition coefficient (Wildman–Crippen LogP) is 2.94. The van der Waals surface area contributed by atoms with Crippen molar-refractivity contribution >= 4 is 11.6 Å². The van der Waals surface area contributed by atoms with E-state index in [0.29, 0.717) is 0 Å². The quantitative estimate of drug-likeness (QED) is 0.545. The summed E-state index contributed by atoms with van der Waals surface area (Å²) in [6, 6.07) is 0. The van der Waals surface area contributed by atoms with Gasteiger partial charge in [0.25, 0.3) is 6.43 Å². The van der Waals surface area contributed by atoms with Crippen LogP contribution in [-0.4, -0.2) is 12.6 Å². The summed E-state index contributed by atoms with van der Waals surface area (Å²) in [4.78, 5) is 0. The molecule has 0 radical (unpaired) electrons. The van der Waals surface area contributed by atoms with Gasteiger partial charge in [-0.25, -0.2) is 8.78 Å². The highest BCUT2D eigenvalue weighted by Gasteiger charge is 2.26. The minimum absolute atomic E-state index is 0.640. The molecule has 0 heterocycles. The van der Waals surface area contributed by atoms with Gasteiger partial charge in [-0.1, -0.05) is 11.6 Å². The zero-order chi connectivity index (χ0) is 8.36. The molecule has 0 aliphatic heterocycles. The number of hydrogen-bond donors (Lipinski definition) is 0. The van der Waals surface area contributed by atoms with Gasteiger partial charge in [0.1, 0.15) is 0 Å². The average molecular weight is 181 g/mol. The van der Waals surface area contributed by atoms with Crippen LogP contribution < -0.4 is 0 Å². The Morgan fingerprint density at radius 1 is 1.30 bits per heavy atom. The van der Waals surface area contributed by atoms with Crippen LogP contribution in [-0.2, 0) is 0 Å². The normalized spacial score (nSPS) is 14.5. The molecule has 0 aliphatic carbocycles. The molecule has 0 unspecified atom stereocenters. The molecule has 0 aliphatic rings. The molecule has 0 fully saturated rings. The molecule has 0 atom stereocenters. The highest BCUT2D eigenvalue weighted by Crippen LogP contribution is 2.23. The van der Waals surface area contributed by atoms with E-state index < -0.39 is 23.7 Å².